The molecule has 96 valence electrons. The number of hydrogen-bond acceptors (Lipinski definition) is 3. The predicted octanol–water partition coefficient (Wildman–Crippen LogP) is 1.96. The average molecular weight is 275 g/mol. The second-order valence-electron chi connectivity index (χ2n) is 4.70. The minimum atomic E-state index is -0.200. The first-order chi connectivity index (χ1) is 7.64. The van der Waals surface area contributed by atoms with Crippen LogP contribution >= 0.6 is 23.7 Å². The Balaban J connectivity index is 0.00000144. The zero-order valence-corrected chi connectivity index (χ0v) is 11.6. The van der Waals surface area contributed by atoms with Crippen LogP contribution in [0.15, 0.2) is 17.5 Å². The quantitative estimate of drug-likeness (QED) is 0.862. The largest absolute Gasteiger partial charge is 0.349 e. The molecule has 3 nitrogen and oxygen atoms in total. The van der Waals surface area contributed by atoms with Crippen LogP contribution in [0.25, 0.3) is 0 Å². The maximum Gasteiger partial charge on any atom is 0.225 e. The summed E-state index contributed by atoms with van der Waals surface area (Å²) in [6, 6.07) is 3.96. The van der Waals surface area contributed by atoms with Gasteiger partial charge in [0.1, 0.15) is 0 Å². The zero-order chi connectivity index (χ0) is 11.6. The molecular formula is C12H19ClN2OS. The molecule has 1 amide bonds. The first-order valence-corrected chi connectivity index (χ1v) is 6.55. The van der Waals surface area contributed by atoms with E-state index in [1.54, 1.807) is 11.3 Å². The third-order valence-electron chi connectivity index (χ3n) is 3.24. The summed E-state index contributed by atoms with van der Waals surface area (Å²) in [6.07, 6.45) is 2.85. The van der Waals surface area contributed by atoms with Crippen LogP contribution in [-0.2, 0) is 11.2 Å². The van der Waals surface area contributed by atoms with Gasteiger partial charge in [0.25, 0.3) is 0 Å². The van der Waals surface area contributed by atoms with Gasteiger partial charge in [0.05, 0.1) is 12.0 Å². The Labute approximate surface area is 112 Å². The second kappa shape index (κ2) is 5.85. The van der Waals surface area contributed by atoms with Crippen LogP contribution in [0.1, 0.15) is 24.6 Å². The third kappa shape index (κ3) is 3.69. The highest BCUT2D eigenvalue weighted by Gasteiger charge is 2.41. The average Bonchev–Trinajstić information content (AvgIpc) is 3.00. The minimum Gasteiger partial charge on any atom is -0.349 e. The number of nitrogens with two attached hydrogens (primary N) is 1. The first-order valence-electron chi connectivity index (χ1n) is 5.67. The number of nitrogens with one attached hydrogen (secondary N) is 1. The molecule has 0 aromatic carbocycles. The van der Waals surface area contributed by atoms with Crippen molar-refractivity contribution in [1.29, 1.82) is 0 Å². The molecule has 0 bridgehead atoms. The molecule has 1 heterocycles. The standard InChI is InChI=1S/C12H18N2OS.ClH/c1-12(8-13,9-4-5-9)14-11(15)7-10-3-2-6-16-10;/h2-3,6,9H,4-5,7-8,13H2,1H3,(H,14,15);1H. The summed E-state index contributed by atoms with van der Waals surface area (Å²) in [4.78, 5) is 13.0. The lowest BCUT2D eigenvalue weighted by Crippen LogP contribution is -2.53. The van der Waals surface area contributed by atoms with Crippen molar-refractivity contribution >= 4 is 29.7 Å². The summed E-state index contributed by atoms with van der Waals surface area (Å²) in [6.45, 7) is 2.57. The molecule has 3 N–H and O–H groups in total. The SMILES string of the molecule is CC(CN)(NC(=O)Cc1cccs1)C1CC1.Cl. The van der Waals surface area contributed by atoms with Crippen molar-refractivity contribution in [1.82, 2.24) is 5.32 Å². The number of carbonyl (C=O) groups is 1. The zero-order valence-electron chi connectivity index (χ0n) is 9.94. The van der Waals surface area contributed by atoms with Gasteiger partial charge in [-0.25, -0.2) is 0 Å². The van der Waals surface area contributed by atoms with Crippen molar-refractivity contribution in [3.05, 3.63) is 22.4 Å². The Hall–Kier alpha value is -0.580. The second-order valence-corrected chi connectivity index (χ2v) is 5.73. The number of carbonyl (C=O) groups excluding carboxylic acids is 1. The molecule has 0 spiro atoms. The fraction of sp³-hybridized carbons (Fsp3) is 0.583. The topological polar surface area (TPSA) is 55.1 Å². The smallest absolute Gasteiger partial charge is 0.225 e. The van der Waals surface area contributed by atoms with Crippen LogP contribution in [0, 0.1) is 5.92 Å². The molecule has 2 rings (SSSR count). The van der Waals surface area contributed by atoms with E-state index >= 15 is 0 Å². The lowest BCUT2D eigenvalue weighted by molar-refractivity contribution is -0.122. The van der Waals surface area contributed by atoms with Crippen LogP contribution < -0.4 is 11.1 Å². The summed E-state index contributed by atoms with van der Waals surface area (Å²) in [7, 11) is 0. The van der Waals surface area contributed by atoms with Crippen LogP contribution in [0.2, 0.25) is 0 Å². The normalized spacial score (nSPS) is 18.0. The molecule has 1 aliphatic carbocycles. The van der Waals surface area contributed by atoms with Crippen molar-refractivity contribution < 1.29 is 4.79 Å². The molecule has 1 saturated carbocycles. The Morgan fingerprint density at radius 2 is 2.35 bits per heavy atom. The molecular weight excluding hydrogens is 256 g/mol. The van der Waals surface area contributed by atoms with E-state index in [0.717, 1.165) is 4.88 Å². The van der Waals surface area contributed by atoms with E-state index in [1.807, 2.05) is 17.5 Å². The van der Waals surface area contributed by atoms with E-state index < -0.39 is 0 Å². The van der Waals surface area contributed by atoms with E-state index in [2.05, 4.69) is 12.2 Å². The van der Waals surface area contributed by atoms with Gasteiger partial charge in [-0.3, -0.25) is 4.79 Å². The highest BCUT2D eigenvalue weighted by molar-refractivity contribution is 7.10. The molecule has 1 fully saturated rings. The van der Waals surface area contributed by atoms with Gasteiger partial charge in [-0.05, 0) is 37.1 Å². The van der Waals surface area contributed by atoms with Crippen LogP contribution in [0.4, 0.5) is 0 Å². The molecule has 0 radical (unpaired) electrons. The summed E-state index contributed by atoms with van der Waals surface area (Å²) >= 11 is 1.62. The van der Waals surface area contributed by atoms with Crippen LogP contribution in [0.3, 0.4) is 0 Å². The monoisotopic (exact) mass is 274 g/mol. The van der Waals surface area contributed by atoms with Crippen LogP contribution in [-0.4, -0.2) is 18.0 Å². The highest BCUT2D eigenvalue weighted by atomic mass is 35.5. The molecule has 0 aliphatic heterocycles. The Bertz CT molecular complexity index is 365. The molecule has 17 heavy (non-hydrogen) atoms. The lowest BCUT2D eigenvalue weighted by Gasteiger charge is -2.29. The Kier molecular flexibility index (Phi) is 4.98. The van der Waals surface area contributed by atoms with Gasteiger partial charge >= 0.3 is 0 Å². The van der Waals surface area contributed by atoms with Crippen molar-refractivity contribution in [2.75, 3.05) is 6.54 Å². The van der Waals surface area contributed by atoms with Gasteiger partial charge < -0.3 is 11.1 Å². The van der Waals surface area contributed by atoms with Crippen molar-refractivity contribution in [3.8, 4) is 0 Å². The van der Waals surface area contributed by atoms with Gasteiger partial charge in [-0.15, -0.1) is 23.7 Å². The number of halogens is 1. The number of rotatable bonds is 5. The molecule has 1 aromatic rings. The summed E-state index contributed by atoms with van der Waals surface area (Å²) in [5, 5.41) is 5.08. The van der Waals surface area contributed by atoms with E-state index in [0.29, 0.717) is 18.9 Å². The van der Waals surface area contributed by atoms with E-state index in [1.165, 1.54) is 12.8 Å². The predicted molar refractivity (Wildman–Crippen MR) is 73.6 cm³/mol. The highest BCUT2D eigenvalue weighted by Crippen LogP contribution is 2.38. The van der Waals surface area contributed by atoms with Gasteiger partial charge in [0.2, 0.25) is 5.91 Å². The fourth-order valence-electron chi connectivity index (χ4n) is 1.97. The molecule has 0 saturated heterocycles. The molecule has 5 heteroatoms. The van der Waals surface area contributed by atoms with Crippen molar-refractivity contribution in [3.63, 3.8) is 0 Å². The summed E-state index contributed by atoms with van der Waals surface area (Å²) < 4.78 is 0. The first kappa shape index (κ1) is 14.5. The molecule has 1 aliphatic rings. The van der Waals surface area contributed by atoms with E-state index in [-0.39, 0.29) is 23.9 Å². The third-order valence-corrected chi connectivity index (χ3v) is 4.12. The maximum absolute atomic E-state index is 11.9. The molecule has 1 unspecified atom stereocenters. The fourth-order valence-corrected chi connectivity index (χ4v) is 2.68. The van der Waals surface area contributed by atoms with Crippen molar-refractivity contribution in [2.24, 2.45) is 11.7 Å². The van der Waals surface area contributed by atoms with Crippen LogP contribution in [0.5, 0.6) is 0 Å². The maximum atomic E-state index is 11.9. The van der Waals surface area contributed by atoms with Gasteiger partial charge in [0.15, 0.2) is 0 Å². The van der Waals surface area contributed by atoms with Gasteiger partial charge in [-0.2, -0.15) is 0 Å². The lowest BCUT2D eigenvalue weighted by atomic mass is 9.96. The number of hydrogen-bond donors (Lipinski definition) is 2. The van der Waals surface area contributed by atoms with E-state index in [4.69, 9.17) is 5.73 Å². The van der Waals surface area contributed by atoms with E-state index in [9.17, 15) is 4.79 Å². The van der Waals surface area contributed by atoms with Gasteiger partial charge in [-0.1, -0.05) is 6.07 Å². The number of amides is 1. The Morgan fingerprint density at radius 1 is 1.65 bits per heavy atom. The summed E-state index contributed by atoms with van der Waals surface area (Å²) in [5.74, 6) is 0.659. The Morgan fingerprint density at radius 3 is 2.82 bits per heavy atom. The molecule has 1 atom stereocenters. The van der Waals surface area contributed by atoms with Gasteiger partial charge in [0, 0.05) is 11.4 Å². The molecule has 1 aromatic heterocycles. The number of thiophene rings is 1. The minimum absolute atomic E-state index is 0. The van der Waals surface area contributed by atoms with Crippen molar-refractivity contribution in [2.45, 2.75) is 31.7 Å². The summed E-state index contributed by atoms with van der Waals surface area (Å²) in [5.41, 5.74) is 5.56.